The van der Waals surface area contributed by atoms with Crippen LogP contribution < -0.4 is 0 Å². The topological polar surface area (TPSA) is 46.6 Å². The molecule has 1 amide bonds. The van der Waals surface area contributed by atoms with E-state index in [1.165, 1.54) is 0 Å². The second-order valence-corrected chi connectivity index (χ2v) is 6.31. The standard InChI is InChI=1S/C14H23NO3/c1-14(2,3)12(16)10-6-4-8-15(10)13(17)11-7-5-9-18-11/h10-11H,4-9H2,1-3H3/t10-,11-/m0/s1. The zero-order valence-electron chi connectivity index (χ0n) is 11.6. The van der Waals surface area contributed by atoms with Crippen LogP contribution in [0.15, 0.2) is 0 Å². The number of nitrogens with zero attached hydrogens (tertiary/aromatic N) is 1. The SMILES string of the molecule is CC(C)(C)C(=O)[C@@H]1CCCN1C(=O)[C@@H]1CCCO1. The molecule has 0 saturated carbocycles. The summed E-state index contributed by atoms with van der Waals surface area (Å²) in [5, 5.41) is 0. The summed E-state index contributed by atoms with van der Waals surface area (Å²) in [5.74, 6) is 0.193. The van der Waals surface area contributed by atoms with Crippen LogP contribution in [0, 0.1) is 5.41 Å². The first kappa shape index (κ1) is 13.5. The molecule has 102 valence electrons. The van der Waals surface area contributed by atoms with Crippen molar-refractivity contribution in [1.29, 1.82) is 0 Å². The third kappa shape index (κ3) is 2.58. The van der Waals surface area contributed by atoms with Gasteiger partial charge in [0.1, 0.15) is 6.10 Å². The largest absolute Gasteiger partial charge is 0.368 e. The second-order valence-electron chi connectivity index (χ2n) is 6.31. The van der Waals surface area contributed by atoms with E-state index in [0.717, 1.165) is 25.7 Å². The molecule has 0 aromatic heterocycles. The smallest absolute Gasteiger partial charge is 0.252 e. The highest BCUT2D eigenvalue weighted by Gasteiger charge is 2.41. The monoisotopic (exact) mass is 253 g/mol. The van der Waals surface area contributed by atoms with E-state index in [-0.39, 0.29) is 29.3 Å². The van der Waals surface area contributed by atoms with Gasteiger partial charge in [0.15, 0.2) is 5.78 Å². The molecular formula is C14H23NO3. The number of Topliss-reactive ketones (excluding diaryl/α,β-unsaturated/α-hetero) is 1. The first-order chi connectivity index (χ1) is 8.41. The summed E-state index contributed by atoms with van der Waals surface area (Å²) in [6, 6.07) is -0.235. The van der Waals surface area contributed by atoms with Crippen LogP contribution in [0.3, 0.4) is 0 Å². The van der Waals surface area contributed by atoms with Crippen LogP contribution in [0.5, 0.6) is 0 Å². The van der Waals surface area contributed by atoms with Crippen molar-refractivity contribution >= 4 is 11.7 Å². The van der Waals surface area contributed by atoms with Gasteiger partial charge >= 0.3 is 0 Å². The highest BCUT2D eigenvalue weighted by atomic mass is 16.5. The van der Waals surface area contributed by atoms with Crippen LogP contribution in [0.1, 0.15) is 46.5 Å². The first-order valence-corrected chi connectivity index (χ1v) is 6.87. The first-order valence-electron chi connectivity index (χ1n) is 6.87. The molecule has 0 spiro atoms. The van der Waals surface area contributed by atoms with Gasteiger partial charge in [-0.1, -0.05) is 20.8 Å². The Hall–Kier alpha value is -0.900. The van der Waals surface area contributed by atoms with Crippen molar-refractivity contribution in [3.63, 3.8) is 0 Å². The number of carbonyl (C=O) groups excluding carboxylic acids is 2. The fourth-order valence-corrected chi connectivity index (χ4v) is 2.76. The molecule has 0 radical (unpaired) electrons. The molecule has 2 rings (SSSR count). The molecule has 2 heterocycles. The van der Waals surface area contributed by atoms with E-state index in [1.54, 1.807) is 4.90 Å². The van der Waals surface area contributed by atoms with E-state index in [4.69, 9.17) is 4.74 Å². The van der Waals surface area contributed by atoms with Gasteiger partial charge in [-0.25, -0.2) is 0 Å². The van der Waals surface area contributed by atoms with Gasteiger partial charge in [-0.3, -0.25) is 9.59 Å². The Bertz CT molecular complexity index is 339. The molecule has 0 aromatic rings. The summed E-state index contributed by atoms with van der Waals surface area (Å²) in [5.41, 5.74) is -0.385. The predicted molar refractivity (Wildman–Crippen MR) is 68.2 cm³/mol. The molecule has 2 fully saturated rings. The Morgan fingerprint density at radius 3 is 2.44 bits per heavy atom. The van der Waals surface area contributed by atoms with Crippen molar-refractivity contribution in [2.75, 3.05) is 13.2 Å². The lowest BCUT2D eigenvalue weighted by Crippen LogP contribution is -2.48. The molecule has 0 aromatic carbocycles. The lowest BCUT2D eigenvalue weighted by molar-refractivity contribution is -0.147. The average Bonchev–Trinajstić information content (AvgIpc) is 2.97. The highest BCUT2D eigenvalue weighted by molar-refractivity contribution is 5.93. The number of hydrogen-bond donors (Lipinski definition) is 0. The molecule has 2 atom stereocenters. The van der Waals surface area contributed by atoms with Crippen molar-refractivity contribution in [3.8, 4) is 0 Å². The normalized spacial score (nSPS) is 28.7. The Labute approximate surface area is 109 Å². The minimum absolute atomic E-state index is 0.0209. The molecule has 0 bridgehead atoms. The van der Waals surface area contributed by atoms with E-state index in [9.17, 15) is 9.59 Å². The number of ether oxygens (including phenoxy) is 1. The maximum atomic E-state index is 12.4. The summed E-state index contributed by atoms with van der Waals surface area (Å²) in [7, 11) is 0. The lowest BCUT2D eigenvalue weighted by atomic mass is 9.85. The predicted octanol–water partition coefficient (Wildman–Crippen LogP) is 1.77. The number of carbonyl (C=O) groups is 2. The zero-order valence-corrected chi connectivity index (χ0v) is 11.6. The summed E-state index contributed by atoms with van der Waals surface area (Å²) < 4.78 is 5.44. The Balaban J connectivity index is 2.07. The molecule has 0 N–H and O–H groups in total. The highest BCUT2D eigenvalue weighted by Crippen LogP contribution is 2.28. The van der Waals surface area contributed by atoms with Gasteiger partial charge in [0, 0.05) is 18.6 Å². The molecule has 4 nitrogen and oxygen atoms in total. The van der Waals surface area contributed by atoms with E-state index in [1.807, 2.05) is 20.8 Å². The van der Waals surface area contributed by atoms with Crippen LogP contribution in [-0.4, -0.2) is 41.9 Å². The van der Waals surface area contributed by atoms with Crippen molar-refractivity contribution in [2.45, 2.75) is 58.6 Å². The fourth-order valence-electron chi connectivity index (χ4n) is 2.76. The Kier molecular flexibility index (Phi) is 3.76. The molecule has 4 heteroatoms. The quantitative estimate of drug-likeness (QED) is 0.753. The van der Waals surface area contributed by atoms with Gasteiger partial charge in [-0.15, -0.1) is 0 Å². The van der Waals surface area contributed by atoms with E-state index in [2.05, 4.69) is 0 Å². The minimum atomic E-state index is -0.385. The van der Waals surface area contributed by atoms with Gasteiger partial charge in [0.05, 0.1) is 6.04 Å². The van der Waals surface area contributed by atoms with E-state index in [0.29, 0.717) is 13.2 Å². The number of rotatable bonds is 2. The molecule has 0 unspecified atom stereocenters. The summed E-state index contributed by atoms with van der Waals surface area (Å²) >= 11 is 0. The number of ketones is 1. The second kappa shape index (κ2) is 5.00. The van der Waals surface area contributed by atoms with E-state index < -0.39 is 0 Å². The summed E-state index contributed by atoms with van der Waals surface area (Å²) in [4.78, 5) is 26.5. The molecule has 2 aliphatic rings. The molecule has 0 aliphatic carbocycles. The number of hydrogen-bond acceptors (Lipinski definition) is 3. The summed E-state index contributed by atoms with van der Waals surface area (Å²) in [6.45, 7) is 7.13. The zero-order chi connectivity index (χ0) is 13.3. The summed E-state index contributed by atoms with van der Waals surface area (Å²) in [6.07, 6.45) is 3.16. The van der Waals surface area contributed by atoms with Crippen molar-refractivity contribution in [3.05, 3.63) is 0 Å². The van der Waals surface area contributed by atoms with Crippen LogP contribution in [0.2, 0.25) is 0 Å². The van der Waals surface area contributed by atoms with Crippen LogP contribution >= 0.6 is 0 Å². The van der Waals surface area contributed by atoms with Gasteiger partial charge in [0.25, 0.3) is 5.91 Å². The third-order valence-corrected chi connectivity index (χ3v) is 3.78. The molecule has 2 aliphatic heterocycles. The van der Waals surface area contributed by atoms with Crippen LogP contribution in [0.25, 0.3) is 0 Å². The molecule has 18 heavy (non-hydrogen) atoms. The molecular weight excluding hydrogens is 230 g/mol. The van der Waals surface area contributed by atoms with Crippen molar-refractivity contribution in [1.82, 2.24) is 4.90 Å². The Morgan fingerprint density at radius 2 is 1.89 bits per heavy atom. The van der Waals surface area contributed by atoms with Gasteiger partial charge in [-0.2, -0.15) is 0 Å². The maximum absolute atomic E-state index is 12.4. The van der Waals surface area contributed by atoms with Crippen LogP contribution in [0.4, 0.5) is 0 Å². The van der Waals surface area contributed by atoms with Crippen LogP contribution in [-0.2, 0) is 14.3 Å². The van der Waals surface area contributed by atoms with Gasteiger partial charge < -0.3 is 9.64 Å². The average molecular weight is 253 g/mol. The molecule has 2 saturated heterocycles. The maximum Gasteiger partial charge on any atom is 0.252 e. The number of likely N-dealkylation sites (tertiary alicyclic amines) is 1. The van der Waals surface area contributed by atoms with Crippen molar-refractivity contribution < 1.29 is 14.3 Å². The van der Waals surface area contributed by atoms with E-state index >= 15 is 0 Å². The van der Waals surface area contributed by atoms with Crippen molar-refractivity contribution in [2.24, 2.45) is 5.41 Å². The minimum Gasteiger partial charge on any atom is -0.368 e. The fraction of sp³-hybridized carbons (Fsp3) is 0.857. The number of amides is 1. The third-order valence-electron chi connectivity index (χ3n) is 3.78. The van der Waals surface area contributed by atoms with Gasteiger partial charge in [-0.05, 0) is 25.7 Å². The Morgan fingerprint density at radius 1 is 1.17 bits per heavy atom. The van der Waals surface area contributed by atoms with Gasteiger partial charge in [0.2, 0.25) is 0 Å². The lowest BCUT2D eigenvalue weighted by Gasteiger charge is -2.30.